The zero-order valence-corrected chi connectivity index (χ0v) is 10.6. The Bertz CT molecular complexity index is 337. The summed E-state index contributed by atoms with van der Waals surface area (Å²) in [4.78, 5) is 24.9. The number of ether oxygens (including phenoxy) is 2. The first kappa shape index (κ1) is 12.4. The van der Waals surface area contributed by atoms with E-state index in [1.807, 2.05) is 20.8 Å². The number of Topliss-reactive ketones (excluding diaryl/α,β-unsaturated/α-hetero) is 1. The van der Waals surface area contributed by atoms with Crippen LogP contribution in [0.25, 0.3) is 0 Å². The van der Waals surface area contributed by atoms with Gasteiger partial charge in [0.1, 0.15) is 11.4 Å². The third-order valence-corrected chi connectivity index (χ3v) is 3.07. The van der Waals surface area contributed by atoms with E-state index in [1.165, 1.54) is 0 Å². The van der Waals surface area contributed by atoms with Crippen molar-refractivity contribution in [2.75, 3.05) is 19.8 Å². The fourth-order valence-corrected chi connectivity index (χ4v) is 2.31. The van der Waals surface area contributed by atoms with Crippen molar-refractivity contribution in [1.29, 1.82) is 0 Å². The number of ketones is 1. The minimum Gasteiger partial charge on any atom is -0.444 e. The number of rotatable bonds is 0. The van der Waals surface area contributed by atoms with Gasteiger partial charge in [0, 0.05) is 19.4 Å². The highest BCUT2D eigenvalue weighted by molar-refractivity contribution is 5.89. The zero-order chi connectivity index (χ0) is 12.7. The minimum atomic E-state index is -0.510. The molecule has 2 fully saturated rings. The molecule has 0 atom stereocenters. The Labute approximate surface area is 101 Å². The summed E-state index contributed by atoms with van der Waals surface area (Å²) in [6.45, 7) is 6.97. The summed E-state index contributed by atoms with van der Waals surface area (Å²) in [5.74, 6) is 0.184. The van der Waals surface area contributed by atoms with Gasteiger partial charge >= 0.3 is 6.09 Å². The molecule has 1 spiro atoms. The Morgan fingerprint density at radius 3 is 2.59 bits per heavy atom. The summed E-state index contributed by atoms with van der Waals surface area (Å²) in [6, 6.07) is 0. The molecule has 5 nitrogen and oxygen atoms in total. The summed E-state index contributed by atoms with van der Waals surface area (Å²) in [5.41, 5.74) is -0.942. The van der Waals surface area contributed by atoms with Crippen LogP contribution in [0, 0.1) is 0 Å². The van der Waals surface area contributed by atoms with Gasteiger partial charge in [0.25, 0.3) is 0 Å². The van der Waals surface area contributed by atoms with Gasteiger partial charge in [0.05, 0.1) is 18.8 Å². The third-order valence-electron chi connectivity index (χ3n) is 3.07. The summed E-state index contributed by atoms with van der Waals surface area (Å²) in [7, 11) is 0. The highest BCUT2D eigenvalue weighted by atomic mass is 16.6. The maximum absolute atomic E-state index is 12.1. The Balaban J connectivity index is 2.07. The number of hydrogen-bond acceptors (Lipinski definition) is 4. The van der Waals surface area contributed by atoms with Gasteiger partial charge in [-0.25, -0.2) is 4.79 Å². The first-order chi connectivity index (χ1) is 7.82. The molecule has 1 heterocycles. The zero-order valence-electron chi connectivity index (χ0n) is 10.6. The molecule has 2 aliphatic rings. The maximum Gasteiger partial charge on any atom is 0.410 e. The average Bonchev–Trinajstić information content (AvgIpc) is 2.13. The molecule has 0 N–H and O–H groups in total. The monoisotopic (exact) mass is 241 g/mol. The molecule has 0 bridgehead atoms. The van der Waals surface area contributed by atoms with Crippen LogP contribution in [-0.4, -0.2) is 47.7 Å². The van der Waals surface area contributed by atoms with Crippen molar-refractivity contribution in [3.63, 3.8) is 0 Å². The number of nitrogens with zero attached hydrogens (tertiary/aromatic N) is 1. The number of carbonyl (C=O) groups excluding carboxylic acids is 2. The fraction of sp³-hybridized carbons (Fsp3) is 0.833. The van der Waals surface area contributed by atoms with Crippen molar-refractivity contribution in [3.8, 4) is 0 Å². The topological polar surface area (TPSA) is 55.8 Å². The molecular weight excluding hydrogens is 222 g/mol. The second-order valence-electron chi connectivity index (χ2n) is 5.80. The van der Waals surface area contributed by atoms with Gasteiger partial charge in [0.2, 0.25) is 0 Å². The molecule has 0 radical (unpaired) electrons. The van der Waals surface area contributed by atoms with Crippen LogP contribution in [0.4, 0.5) is 4.79 Å². The quantitative estimate of drug-likeness (QED) is 0.642. The van der Waals surface area contributed by atoms with Crippen LogP contribution in [0.2, 0.25) is 0 Å². The second kappa shape index (κ2) is 3.98. The van der Waals surface area contributed by atoms with Crippen LogP contribution in [0.15, 0.2) is 0 Å². The molecule has 0 aromatic heterocycles. The van der Waals surface area contributed by atoms with E-state index in [2.05, 4.69) is 0 Å². The van der Waals surface area contributed by atoms with Gasteiger partial charge in [-0.05, 0) is 20.8 Å². The highest BCUT2D eigenvalue weighted by Gasteiger charge is 2.52. The molecule has 1 saturated heterocycles. The summed E-state index contributed by atoms with van der Waals surface area (Å²) >= 11 is 0. The largest absolute Gasteiger partial charge is 0.444 e. The molecule has 96 valence electrons. The second-order valence-corrected chi connectivity index (χ2v) is 5.80. The van der Waals surface area contributed by atoms with Crippen LogP contribution in [0.1, 0.15) is 33.6 Å². The van der Waals surface area contributed by atoms with E-state index in [1.54, 1.807) is 4.90 Å². The lowest BCUT2D eigenvalue weighted by molar-refractivity contribution is -0.148. The van der Waals surface area contributed by atoms with E-state index in [-0.39, 0.29) is 11.9 Å². The van der Waals surface area contributed by atoms with Crippen molar-refractivity contribution in [2.24, 2.45) is 0 Å². The van der Waals surface area contributed by atoms with E-state index in [0.29, 0.717) is 32.6 Å². The molecule has 0 aromatic carbocycles. The Kier molecular flexibility index (Phi) is 2.89. The Morgan fingerprint density at radius 2 is 2.06 bits per heavy atom. The summed E-state index contributed by atoms with van der Waals surface area (Å²) in [5, 5.41) is 0. The van der Waals surface area contributed by atoms with Crippen molar-refractivity contribution < 1.29 is 19.1 Å². The number of hydrogen-bond donors (Lipinski definition) is 0. The van der Waals surface area contributed by atoms with Crippen molar-refractivity contribution >= 4 is 11.9 Å². The molecule has 1 saturated carbocycles. The van der Waals surface area contributed by atoms with Gasteiger partial charge in [0.15, 0.2) is 0 Å². The first-order valence-electron chi connectivity index (χ1n) is 5.93. The fourth-order valence-electron chi connectivity index (χ4n) is 2.31. The smallest absolute Gasteiger partial charge is 0.410 e. The number of carbonyl (C=O) groups is 2. The van der Waals surface area contributed by atoms with Gasteiger partial charge in [-0.1, -0.05) is 0 Å². The predicted octanol–water partition coefficient (Wildman–Crippen LogP) is 1.36. The molecule has 0 unspecified atom stereocenters. The van der Waals surface area contributed by atoms with Crippen molar-refractivity contribution in [3.05, 3.63) is 0 Å². The summed E-state index contributed by atoms with van der Waals surface area (Å²) in [6.07, 6.45) is 0.451. The molecule has 0 aromatic rings. The van der Waals surface area contributed by atoms with Gasteiger partial charge in [-0.15, -0.1) is 0 Å². The van der Waals surface area contributed by atoms with E-state index < -0.39 is 11.1 Å². The third kappa shape index (κ3) is 2.44. The molecule has 5 heteroatoms. The van der Waals surface area contributed by atoms with Crippen LogP contribution in [-0.2, 0) is 14.3 Å². The molecule has 17 heavy (non-hydrogen) atoms. The highest BCUT2D eigenvalue weighted by Crippen LogP contribution is 2.37. The standard InChI is InChI=1S/C12H19NO4/c1-11(2,3)17-10(15)13-4-5-16-8-12(13)6-9(14)7-12/h4-8H2,1-3H3. The first-order valence-corrected chi connectivity index (χ1v) is 5.93. The minimum absolute atomic E-state index is 0.184. The number of morpholine rings is 1. The lowest BCUT2D eigenvalue weighted by Gasteiger charge is -2.51. The molecular formula is C12H19NO4. The Morgan fingerprint density at radius 1 is 1.41 bits per heavy atom. The predicted molar refractivity (Wildman–Crippen MR) is 60.7 cm³/mol. The van der Waals surface area contributed by atoms with Gasteiger partial charge in [-0.3, -0.25) is 9.69 Å². The van der Waals surface area contributed by atoms with E-state index >= 15 is 0 Å². The van der Waals surface area contributed by atoms with Gasteiger partial charge in [-0.2, -0.15) is 0 Å². The molecule has 1 aliphatic carbocycles. The lowest BCUT2D eigenvalue weighted by atomic mass is 9.74. The SMILES string of the molecule is CC(C)(C)OC(=O)N1CCOCC12CC(=O)C2. The average molecular weight is 241 g/mol. The molecule has 1 amide bonds. The van der Waals surface area contributed by atoms with E-state index in [9.17, 15) is 9.59 Å². The Hall–Kier alpha value is -1.10. The van der Waals surface area contributed by atoms with Gasteiger partial charge < -0.3 is 9.47 Å². The molecule has 1 aliphatic heterocycles. The van der Waals surface area contributed by atoms with Crippen molar-refractivity contribution in [1.82, 2.24) is 4.90 Å². The van der Waals surface area contributed by atoms with E-state index in [4.69, 9.17) is 9.47 Å². The number of amides is 1. The lowest BCUT2D eigenvalue weighted by Crippen LogP contribution is -2.66. The van der Waals surface area contributed by atoms with E-state index in [0.717, 1.165) is 0 Å². The maximum atomic E-state index is 12.1. The van der Waals surface area contributed by atoms with Crippen LogP contribution in [0.3, 0.4) is 0 Å². The summed E-state index contributed by atoms with van der Waals surface area (Å²) < 4.78 is 10.7. The normalized spacial score (nSPS) is 23.5. The van der Waals surface area contributed by atoms with Crippen molar-refractivity contribution in [2.45, 2.75) is 44.8 Å². The van der Waals surface area contributed by atoms with Crippen LogP contribution < -0.4 is 0 Å². The van der Waals surface area contributed by atoms with Crippen LogP contribution >= 0.6 is 0 Å². The molecule has 2 rings (SSSR count). The van der Waals surface area contributed by atoms with Crippen LogP contribution in [0.5, 0.6) is 0 Å².